The highest BCUT2D eigenvalue weighted by molar-refractivity contribution is 9.10. The number of hydrogen-bond acceptors (Lipinski definition) is 6. The van der Waals surface area contributed by atoms with Gasteiger partial charge in [-0.15, -0.1) is 5.10 Å². The van der Waals surface area contributed by atoms with Crippen LogP contribution in [0.1, 0.15) is 29.6 Å². The number of carbonyl (C=O) groups is 3. The van der Waals surface area contributed by atoms with E-state index in [1.165, 1.54) is 0 Å². The highest BCUT2D eigenvalue weighted by atomic mass is 79.9. The topological polar surface area (TPSA) is 120 Å². The largest absolute Gasteiger partial charge is 0.414 e. The van der Waals surface area contributed by atoms with Gasteiger partial charge in [-0.2, -0.15) is 0 Å². The quantitative estimate of drug-likeness (QED) is 0.496. The monoisotopic (exact) mass is 540 g/mol. The number of anilines is 1. The minimum atomic E-state index is -0.806. The fraction of sp³-hybridized carbons (Fsp3) is 0.429. The van der Waals surface area contributed by atoms with Crippen molar-refractivity contribution in [3.63, 3.8) is 0 Å². The summed E-state index contributed by atoms with van der Waals surface area (Å²) in [4.78, 5) is 41.5. The molecule has 2 aromatic rings. The number of hydrogen-bond donors (Lipinski definition) is 3. The van der Waals surface area contributed by atoms with Gasteiger partial charge in [-0.05, 0) is 61.4 Å². The molecule has 2 heterocycles. The van der Waals surface area contributed by atoms with Gasteiger partial charge >= 0.3 is 6.09 Å². The average molecular weight is 542 g/mol. The van der Waals surface area contributed by atoms with Crippen LogP contribution in [0, 0.1) is 0 Å². The summed E-state index contributed by atoms with van der Waals surface area (Å²) in [5.41, 5.74) is 0.284. The lowest BCUT2D eigenvalue weighted by Crippen LogP contribution is -2.49. The maximum absolute atomic E-state index is 12.8. The Morgan fingerprint density at radius 1 is 1.33 bits per heavy atom. The van der Waals surface area contributed by atoms with Crippen molar-refractivity contribution in [2.24, 2.45) is 0 Å². The van der Waals surface area contributed by atoms with Crippen LogP contribution in [-0.4, -0.2) is 77.7 Å². The Balaban J connectivity index is 1.60. The van der Waals surface area contributed by atoms with Crippen molar-refractivity contribution < 1.29 is 19.1 Å². The van der Waals surface area contributed by atoms with Crippen molar-refractivity contribution >= 4 is 51.3 Å². The molecule has 0 saturated carbocycles. The zero-order valence-corrected chi connectivity index (χ0v) is 20.7. The normalized spacial score (nSPS) is 16.5. The minimum absolute atomic E-state index is 0.0764. The third-order valence-corrected chi connectivity index (χ3v) is 6.18. The number of H-pyrrole nitrogens is 1. The van der Waals surface area contributed by atoms with Gasteiger partial charge in [0, 0.05) is 19.6 Å². The van der Waals surface area contributed by atoms with Crippen LogP contribution >= 0.6 is 27.5 Å². The van der Waals surface area contributed by atoms with Crippen molar-refractivity contribution in [3.05, 3.63) is 39.3 Å². The van der Waals surface area contributed by atoms with Gasteiger partial charge in [0.15, 0.2) is 0 Å². The molecular formula is C21H26BrClN6O4. The van der Waals surface area contributed by atoms with Crippen LogP contribution in [0.5, 0.6) is 5.88 Å². The number of carbonyl (C=O) groups excluding carboxylic acids is 3. The Morgan fingerprint density at radius 2 is 2.09 bits per heavy atom. The van der Waals surface area contributed by atoms with E-state index in [1.54, 1.807) is 29.2 Å². The molecule has 33 heavy (non-hydrogen) atoms. The number of amides is 3. The van der Waals surface area contributed by atoms with Crippen molar-refractivity contribution in [1.29, 1.82) is 0 Å². The first-order valence-corrected chi connectivity index (χ1v) is 11.6. The molecule has 3 rings (SSSR count). The van der Waals surface area contributed by atoms with Crippen molar-refractivity contribution in [2.45, 2.75) is 25.3 Å². The van der Waals surface area contributed by atoms with E-state index in [1.807, 2.05) is 19.0 Å². The summed E-state index contributed by atoms with van der Waals surface area (Å²) in [6.45, 7) is 2.00. The Labute approximate surface area is 205 Å². The highest BCUT2D eigenvalue weighted by Gasteiger charge is 2.29. The molecule has 3 amide bonds. The van der Waals surface area contributed by atoms with Gasteiger partial charge in [0.25, 0.3) is 11.8 Å². The molecule has 10 nitrogen and oxygen atoms in total. The molecule has 1 aromatic carbocycles. The second-order valence-electron chi connectivity index (χ2n) is 7.86. The van der Waals surface area contributed by atoms with Crippen LogP contribution in [0.15, 0.2) is 28.7 Å². The summed E-state index contributed by atoms with van der Waals surface area (Å²) in [5.74, 6) is -0.460. The first-order chi connectivity index (χ1) is 15.8. The molecule has 12 heteroatoms. The number of benzene rings is 1. The first kappa shape index (κ1) is 25.0. The lowest BCUT2D eigenvalue weighted by molar-refractivity contribution is -0.132. The van der Waals surface area contributed by atoms with E-state index in [4.69, 9.17) is 16.3 Å². The van der Waals surface area contributed by atoms with Gasteiger partial charge in [-0.25, -0.2) is 4.79 Å². The Morgan fingerprint density at radius 3 is 2.82 bits per heavy atom. The number of aromatic nitrogens is 2. The molecule has 1 aliphatic rings. The van der Waals surface area contributed by atoms with Gasteiger partial charge in [0.05, 0.1) is 10.6 Å². The van der Waals surface area contributed by atoms with E-state index >= 15 is 0 Å². The molecular weight excluding hydrogens is 516 g/mol. The van der Waals surface area contributed by atoms with Gasteiger partial charge in [-0.1, -0.05) is 23.7 Å². The Hall–Kier alpha value is -2.63. The summed E-state index contributed by atoms with van der Waals surface area (Å²) in [6.07, 6.45) is 1.43. The molecule has 1 aliphatic heterocycles. The summed E-state index contributed by atoms with van der Waals surface area (Å²) in [7, 11) is 3.89. The maximum atomic E-state index is 12.8. The number of aromatic amines is 1. The van der Waals surface area contributed by atoms with E-state index in [0.29, 0.717) is 24.5 Å². The minimum Gasteiger partial charge on any atom is -0.388 e. The molecule has 1 unspecified atom stereocenters. The van der Waals surface area contributed by atoms with Gasteiger partial charge < -0.3 is 25.2 Å². The molecule has 1 saturated heterocycles. The van der Waals surface area contributed by atoms with Gasteiger partial charge in [0.1, 0.15) is 16.3 Å². The predicted molar refractivity (Wildman–Crippen MR) is 128 cm³/mol. The van der Waals surface area contributed by atoms with Crippen molar-refractivity contribution in [1.82, 2.24) is 25.3 Å². The molecule has 178 valence electrons. The zero-order chi connectivity index (χ0) is 24.0. The van der Waals surface area contributed by atoms with Crippen molar-refractivity contribution in [3.8, 4) is 5.88 Å². The van der Waals surface area contributed by atoms with E-state index in [0.717, 1.165) is 19.4 Å². The smallest absolute Gasteiger partial charge is 0.388 e. The van der Waals surface area contributed by atoms with Crippen LogP contribution in [0.25, 0.3) is 0 Å². The molecule has 1 aromatic heterocycles. The van der Waals surface area contributed by atoms with Crippen LogP contribution in [-0.2, 0) is 4.79 Å². The Bertz CT molecular complexity index is 1010. The number of likely N-dealkylation sites (N-methyl/N-ethyl adjacent to an activating group) is 1. The van der Waals surface area contributed by atoms with Crippen LogP contribution in [0.3, 0.4) is 0 Å². The summed E-state index contributed by atoms with van der Waals surface area (Å²) in [6, 6.07) is 5.93. The summed E-state index contributed by atoms with van der Waals surface area (Å²) >= 11 is 9.32. The van der Waals surface area contributed by atoms with Crippen LogP contribution in [0.4, 0.5) is 10.6 Å². The highest BCUT2D eigenvalue weighted by Crippen LogP contribution is 2.30. The molecule has 0 radical (unpaired) electrons. The molecule has 3 N–H and O–H groups in total. The molecule has 1 fully saturated rings. The predicted octanol–water partition coefficient (Wildman–Crippen LogP) is 3.11. The average Bonchev–Trinajstić information content (AvgIpc) is 3.00. The lowest BCUT2D eigenvalue weighted by Gasteiger charge is -2.25. The lowest BCUT2D eigenvalue weighted by atomic mass is 10.1. The van der Waals surface area contributed by atoms with Gasteiger partial charge in [-0.3, -0.25) is 14.7 Å². The van der Waals surface area contributed by atoms with Crippen molar-refractivity contribution in [2.75, 3.05) is 39.0 Å². The number of halogens is 2. The van der Waals surface area contributed by atoms with Crippen LogP contribution < -0.4 is 15.4 Å². The maximum Gasteiger partial charge on any atom is 0.414 e. The van der Waals surface area contributed by atoms with E-state index in [-0.39, 0.29) is 27.6 Å². The molecule has 0 aliphatic carbocycles. The van der Waals surface area contributed by atoms with E-state index in [9.17, 15) is 14.4 Å². The summed E-state index contributed by atoms with van der Waals surface area (Å²) in [5, 5.41) is 12.1. The standard InChI is InChI=1S/C21H26BrClN6O4/c1-28(2)11-12-29-10-6-5-9-15(20(29)31)24-21(32)33-19-16(22)17(26-27-19)25-18(30)13-7-3-4-8-14(13)23/h3-4,7-8,15H,5-6,9-12H2,1-2H3,(H,24,32)(H2,25,26,27,30). The van der Waals surface area contributed by atoms with E-state index in [2.05, 4.69) is 36.8 Å². The SMILES string of the molecule is CN(C)CCN1CCCCC(NC(=O)Oc2n[nH]c(NC(=O)c3ccccc3Cl)c2Br)C1=O. The zero-order valence-electron chi connectivity index (χ0n) is 18.4. The fourth-order valence-electron chi connectivity index (χ4n) is 3.33. The number of nitrogens with one attached hydrogen (secondary N) is 3. The Kier molecular flexibility index (Phi) is 8.70. The third-order valence-electron chi connectivity index (χ3n) is 5.11. The number of nitrogens with zero attached hydrogens (tertiary/aromatic N) is 3. The fourth-order valence-corrected chi connectivity index (χ4v) is 3.91. The summed E-state index contributed by atoms with van der Waals surface area (Å²) < 4.78 is 5.51. The number of rotatable bonds is 7. The molecule has 1 atom stereocenters. The van der Waals surface area contributed by atoms with Crippen LogP contribution in [0.2, 0.25) is 5.02 Å². The molecule has 0 bridgehead atoms. The number of likely N-dealkylation sites (tertiary alicyclic amines) is 1. The van der Waals surface area contributed by atoms with Gasteiger partial charge in [0.2, 0.25) is 5.91 Å². The third kappa shape index (κ3) is 6.68. The first-order valence-electron chi connectivity index (χ1n) is 10.5. The number of ether oxygens (including phenoxy) is 1. The van der Waals surface area contributed by atoms with E-state index < -0.39 is 18.0 Å². The molecule has 0 spiro atoms. The second-order valence-corrected chi connectivity index (χ2v) is 9.06. The second kappa shape index (κ2) is 11.5.